The molecule has 1 aromatic rings. The van der Waals surface area contributed by atoms with Crippen LogP contribution in [0.25, 0.3) is 6.08 Å². The molecular formula is C10H6N2. The smallest absolute Gasteiger partial charge is 0.0981 e. The lowest BCUT2D eigenvalue weighted by Crippen LogP contribution is -1.74. The SMILES string of the molecule is C1=Cc2ccccc2N=C=CN=1. The average molecular weight is 154 g/mol. The molecule has 1 aromatic carbocycles. The number of fused-ring (bicyclic) bond motifs is 1. The third-order valence-corrected chi connectivity index (χ3v) is 1.54. The number of hydrogen-bond donors (Lipinski definition) is 0. The van der Waals surface area contributed by atoms with Crippen molar-refractivity contribution in [3.05, 3.63) is 36.0 Å². The number of rotatable bonds is 0. The van der Waals surface area contributed by atoms with Crippen LogP contribution in [-0.4, -0.2) is 11.7 Å². The Kier molecular flexibility index (Phi) is 1.71. The van der Waals surface area contributed by atoms with E-state index in [0.717, 1.165) is 11.3 Å². The largest absolute Gasteiger partial charge is 0.204 e. The molecule has 0 saturated heterocycles. The molecule has 56 valence electrons. The van der Waals surface area contributed by atoms with E-state index in [-0.39, 0.29) is 0 Å². The molecule has 0 aliphatic carbocycles. The van der Waals surface area contributed by atoms with Crippen LogP contribution in [0.2, 0.25) is 0 Å². The van der Waals surface area contributed by atoms with Crippen LogP contribution in [0.4, 0.5) is 5.69 Å². The first kappa shape index (κ1) is 6.81. The molecule has 0 saturated carbocycles. The van der Waals surface area contributed by atoms with Crippen LogP contribution in [0.15, 0.2) is 40.5 Å². The molecule has 2 heteroatoms. The normalized spacial score (nSPS) is 12.3. The van der Waals surface area contributed by atoms with Crippen molar-refractivity contribution < 1.29 is 0 Å². The van der Waals surface area contributed by atoms with Gasteiger partial charge in [-0.2, -0.15) is 0 Å². The lowest BCUT2D eigenvalue weighted by molar-refractivity contribution is 1.51. The lowest BCUT2D eigenvalue weighted by Gasteiger charge is -1.95. The Morgan fingerprint density at radius 2 is 2.00 bits per heavy atom. The van der Waals surface area contributed by atoms with Crippen LogP contribution < -0.4 is 0 Å². The zero-order valence-electron chi connectivity index (χ0n) is 6.36. The van der Waals surface area contributed by atoms with Crippen LogP contribution in [0.5, 0.6) is 0 Å². The van der Waals surface area contributed by atoms with Crippen LogP contribution >= 0.6 is 0 Å². The highest BCUT2D eigenvalue weighted by atomic mass is 14.7. The second-order valence-corrected chi connectivity index (χ2v) is 2.33. The number of aliphatic imine (C=N–C) groups is 2. The van der Waals surface area contributed by atoms with E-state index in [1.54, 1.807) is 6.08 Å². The molecule has 12 heavy (non-hydrogen) atoms. The topological polar surface area (TPSA) is 24.7 Å². The highest BCUT2D eigenvalue weighted by Crippen LogP contribution is 2.18. The fourth-order valence-corrected chi connectivity index (χ4v) is 0.983. The molecule has 0 spiro atoms. The molecule has 0 unspecified atom stereocenters. The lowest BCUT2D eigenvalue weighted by atomic mass is 10.2. The summed E-state index contributed by atoms with van der Waals surface area (Å²) in [5.74, 6) is 5.46. The van der Waals surface area contributed by atoms with Crippen molar-refractivity contribution in [3.8, 4) is 0 Å². The Balaban J connectivity index is 2.69. The maximum Gasteiger partial charge on any atom is 0.0981 e. The van der Waals surface area contributed by atoms with Gasteiger partial charge in [0.2, 0.25) is 0 Å². The number of para-hydroxylation sites is 1. The van der Waals surface area contributed by atoms with Gasteiger partial charge in [0.1, 0.15) is 0 Å². The Hall–Kier alpha value is -1.88. The first-order valence-corrected chi connectivity index (χ1v) is 3.62. The highest BCUT2D eigenvalue weighted by Gasteiger charge is 1.94. The van der Waals surface area contributed by atoms with Gasteiger partial charge in [-0.3, -0.25) is 0 Å². The zero-order valence-corrected chi connectivity index (χ0v) is 6.36. The third-order valence-electron chi connectivity index (χ3n) is 1.54. The van der Waals surface area contributed by atoms with Crippen molar-refractivity contribution in [3.63, 3.8) is 0 Å². The minimum Gasteiger partial charge on any atom is -0.204 e. The number of hydrogen-bond acceptors (Lipinski definition) is 2. The van der Waals surface area contributed by atoms with Gasteiger partial charge in [-0.25, -0.2) is 9.98 Å². The highest BCUT2D eigenvalue weighted by molar-refractivity contribution is 5.84. The summed E-state index contributed by atoms with van der Waals surface area (Å²) in [5, 5.41) is 0. The Morgan fingerprint density at radius 3 is 3.00 bits per heavy atom. The van der Waals surface area contributed by atoms with Crippen LogP contribution in [0, 0.1) is 0 Å². The third kappa shape index (κ3) is 1.25. The first-order chi connectivity index (χ1) is 5.97. The maximum atomic E-state index is 4.08. The van der Waals surface area contributed by atoms with Gasteiger partial charge in [-0.1, -0.05) is 18.2 Å². The summed E-state index contributed by atoms with van der Waals surface area (Å²) in [6.45, 7) is 0. The molecule has 1 heterocycles. The zero-order chi connectivity index (χ0) is 8.23. The maximum absolute atomic E-state index is 4.08. The molecule has 2 nitrogen and oxygen atoms in total. The molecule has 0 amide bonds. The van der Waals surface area contributed by atoms with Crippen molar-refractivity contribution in [2.24, 2.45) is 9.98 Å². The van der Waals surface area contributed by atoms with Crippen LogP contribution in [-0.2, 0) is 0 Å². The molecule has 0 aromatic heterocycles. The van der Waals surface area contributed by atoms with Crippen LogP contribution in [0.3, 0.4) is 0 Å². The molecule has 0 N–H and O–H groups in total. The van der Waals surface area contributed by atoms with Gasteiger partial charge in [-0.05, 0) is 11.9 Å². The summed E-state index contributed by atoms with van der Waals surface area (Å²) < 4.78 is 0. The minimum absolute atomic E-state index is 0.899. The van der Waals surface area contributed by atoms with E-state index in [1.807, 2.05) is 24.3 Å². The standard InChI is InChI=1S/C10H6N2/c1-2-4-10-9(3-1)5-6-11-7-8-12-10/h1-5,7H. The molecule has 2 rings (SSSR count). The fraction of sp³-hybridized carbons (Fsp3) is 0. The molecule has 1 aliphatic rings. The van der Waals surface area contributed by atoms with E-state index in [0.29, 0.717) is 0 Å². The Labute approximate surface area is 70.3 Å². The summed E-state index contributed by atoms with van der Waals surface area (Å²) in [6, 6.07) is 7.79. The molecule has 1 aliphatic heterocycles. The number of nitrogens with zero attached hydrogens (tertiary/aromatic N) is 2. The van der Waals surface area contributed by atoms with Crippen molar-refractivity contribution in [1.82, 2.24) is 0 Å². The monoisotopic (exact) mass is 154 g/mol. The van der Waals surface area contributed by atoms with E-state index >= 15 is 0 Å². The molecule has 0 fully saturated rings. The molecular weight excluding hydrogens is 148 g/mol. The molecule has 0 bridgehead atoms. The summed E-state index contributed by atoms with van der Waals surface area (Å²) in [6.07, 6.45) is 3.29. The second-order valence-electron chi connectivity index (χ2n) is 2.33. The quantitative estimate of drug-likeness (QED) is 0.547. The van der Waals surface area contributed by atoms with Crippen molar-refractivity contribution >= 4 is 23.5 Å². The van der Waals surface area contributed by atoms with Gasteiger partial charge in [0.25, 0.3) is 0 Å². The van der Waals surface area contributed by atoms with Gasteiger partial charge in [0.05, 0.1) is 11.9 Å². The fourth-order valence-electron chi connectivity index (χ4n) is 0.983. The number of benzene rings is 1. The molecule has 0 atom stereocenters. The van der Waals surface area contributed by atoms with E-state index < -0.39 is 0 Å². The Bertz CT molecular complexity index is 376. The Morgan fingerprint density at radius 1 is 1.08 bits per heavy atom. The van der Waals surface area contributed by atoms with Crippen molar-refractivity contribution in [1.29, 1.82) is 0 Å². The van der Waals surface area contributed by atoms with E-state index in [2.05, 4.69) is 21.7 Å². The van der Waals surface area contributed by atoms with Gasteiger partial charge in [0, 0.05) is 17.5 Å². The van der Waals surface area contributed by atoms with E-state index in [9.17, 15) is 0 Å². The van der Waals surface area contributed by atoms with E-state index in [4.69, 9.17) is 0 Å². The average Bonchev–Trinajstić information content (AvgIpc) is 2.06. The van der Waals surface area contributed by atoms with Gasteiger partial charge >= 0.3 is 0 Å². The molecule has 0 radical (unpaired) electrons. The van der Waals surface area contributed by atoms with Gasteiger partial charge in [-0.15, -0.1) is 0 Å². The summed E-state index contributed by atoms with van der Waals surface area (Å²) in [7, 11) is 0. The summed E-state index contributed by atoms with van der Waals surface area (Å²) in [5.41, 5.74) is 1.91. The van der Waals surface area contributed by atoms with Gasteiger partial charge in [0.15, 0.2) is 0 Å². The van der Waals surface area contributed by atoms with Crippen LogP contribution in [0.1, 0.15) is 5.56 Å². The van der Waals surface area contributed by atoms with Crippen molar-refractivity contribution in [2.75, 3.05) is 0 Å². The van der Waals surface area contributed by atoms with E-state index in [1.165, 1.54) is 6.20 Å². The second kappa shape index (κ2) is 3.02. The summed E-state index contributed by atoms with van der Waals surface area (Å²) in [4.78, 5) is 7.87. The minimum atomic E-state index is 0.899. The summed E-state index contributed by atoms with van der Waals surface area (Å²) >= 11 is 0. The predicted octanol–water partition coefficient (Wildman–Crippen LogP) is 2.20. The first-order valence-electron chi connectivity index (χ1n) is 3.62. The van der Waals surface area contributed by atoms with Gasteiger partial charge < -0.3 is 0 Å². The predicted molar refractivity (Wildman–Crippen MR) is 50.0 cm³/mol. The van der Waals surface area contributed by atoms with Crippen molar-refractivity contribution in [2.45, 2.75) is 0 Å².